The molecule has 0 bridgehead atoms. The first kappa shape index (κ1) is 9.38. The number of likely N-dealkylation sites (N-methyl/N-ethyl adjacent to an activating group) is 1. The first-order chi connectivity index (χ1) is 6.13. The van der Waals surface area contributed by atoms with Gasteiger partial charge in [-0.2, -0.15) is 0 Å². The second-order valence-corrected chi connectivity index (χ2v) is 2.73. The number of phenolic OH excluding ortho intramolecular Hbond substituents is 1. The summed E-state index contributed by atoms with van der Waals surface area (Å²) in [4.78, 5) is 11.0. The molecule has 0 saturated heterocycles. The van der Waals surface area contributed by atoms with Crippen LogP contribution in [0.4, 0.5) is 5.69 Å². The number of hydrogen-bond donors (Lipinski definition) is 3. The lowest BCUT2D eigenvalue weighted by atomic mass is 10.1. The number of hydrogen-bond acceptors (Lipinski definition) is 3. The minimum atomic E-state index is -0.127. The second kappa shape index (κ2) is 3.80. The van der Waals surface area contributed by atoms with Gasteiger partial charge < -0.3 is 16.2 Å². The van der Waals surface area contributed by atoms with Crippen LogP contribution in [-0.4, -0.2) is 18.1 Å². The highest BCUT2D eigenvalue weighted by Gasteiger charge is 2.05. The summed E-state index contributed by atoms with van der Waals surface area (Å²) in [5, 5.41) is 11.6. The fourth-order valence-corrected chi connectivity index (χ4v) is 1.01. The molecule has 0 aromatic heterocycles. The van der Waals surface area contributed by atoms with Crippen LogP contribution in [0.5, 0.6) is 5.75 Å². The molecule has 0 radical (unpaired) electrons. The van der Waals surface area contributed by atoms with Gasteiger partial charge in [0.25, 0.3) is 0 Å². The molecule has 70 valence electrons. The number of aromatic hydroxyl groups is 1. The summed E-state index contributed by atoms with van der Waals surface area (Å²) in [6.45, 7) is 0. The topological polar surface area (TPSA) is 75.3 Å². The van der Waals surface area contributed by atoms with Crippen LogP contribution < -0.4 is 11.1 Å². The molecule has 1 aromatic carbocycles. The lowest BCUT2D eigenvalue weighted by Crippen LogP contribution is -2.20. The zero-order chi connectivity index (χ0) is 9.84. The number of nitrogens with one attached hydrogen (secondary N) is 1. The van der Waals surface area contributed by atoms with E-state index in [0.717, 1.165) is 0 Å². The molecular weight excluding hydrogens is 168 g/mol. The Bertz CT molecular complexity index is 323. The summed E-state index contributed by atoms with van der Waals surface area (Å²) in [6.07, 6.45) is 0.191. The first-order valence-electron chi connectivity index (χ1n) is 3.91. The summed E-state index contributed by atoms with van der Waals surface area (Å²) in [5.74, 6) is -0.00889. The zero-order valence-corrected chi connectivity index (χ0v) is 7.37. The van der Waals surface area contributed by atoms with Crippen molar-refractivity contribution in [3.05, 3.63) is 23.8 Å². The summed E-state index contributed by atoms with van der Waals surface area (Å²) in [7, 11) is 1.56. The Kier molecular flexibility index (Phi) is 2.74. The maximum absolute atomic E-state index is 11.0. The third-order valence-electron chi connectivity index (χ3n) is 1.76. The number of phenols is 1. The van der Waals surface area contributed by atoms with Gasteiger partial charge in [0.1, 0.15) is 5.75 Å². The number of carbonyl (C=O) groups excluding carboxylic acids is 1. The van der Waals surface area contributed by atoms with E-state index in [0.29, 0.717) is 11.3 Å². The van der Waals surface area contributed by atoms with Gasteiger partial charge in [0, 0.05) is 12.7 Å². The summed E-state index contributed by atoms with van der Waals surface area (Å²) >= 11 is 0. The quantitative estimate of drug-likeness (QED) is 0.451. The Hall–Kier alpha value is -1.71. The molecule has 13 heavy (non-hydrogen) atoms. The smallest absolute Gasteiger partial charge is 0.224 e. The van der Waals surface area contributed by atoms with E-state index in [4.69, 9.17) is 10.8 Å². The van der Waals surface area contributed by atoms with E-state index in [1.165, 1.54) is 12.1 Å². The summed E-state index contributed by atoms with van der Waals surface area (Å²) in [6, 6.07) is 4.56. The fourth-order valence-electron chi connectivity index (χ4n) is 1.01. The molecule has 0 heterocycles. The van der Waals surface area contributed by atoms with Crippen LogP contribution in [-0.2, 0) is 11.2 Å². The van der Waals surface area contributed by atoms with Gasteiger partial charge in [-0.1, -0.05) is 0 Å². The molecule has 4 heteroatoms. The maximum atomic E-state index is 11.0. The van der Waals surface area contributed by atoms with Gasteiger partial charge in [-0.15, -0.1) is 0 Å². The van der Waals surface area contributed by atoms with Crippen molar-refractivity contribution in [3.63, 3.8) is 0 Å². The summed E-state index contributed by atoms with van der Waals surface area (Å²) in [5.41, 5.74) is 6.75. The van der Waals surface area contributed by atoms with Gasteiger partial charge in [0.15, 0.2) is 0 Å². The molecule has 0 atom stereocenters. The van der Waals surface area contributed by atoms with E-state index < -0.39 is 0 Å². The van der Waals surface area contributed by atoms with Crippen LogP contribution in [0.25, 0.3) is 0 Å². The van der Waals surface area contributed by atoms with Crippen LogP contribution in [0, 0.1) is 0 Å². The van der Waals surface area contributed by atoms with E-state index in [9.17, 15) is 4.79 Å². The van der Waals surface area contributed by atoms with Crippen LogP contribution >= 0.6 is 0 Å². The third-order valence-corrected chi connectivity index (χ3v) is 1.76. The highest BCUT2D eigenvalue weighted by molar-refractivity contribution is 5.80. The van der Waals surface area contributed by atoms with Crippen LogP contribution in [0.2, 0.25) is 0 Å². The molecule has 4 nitrogen and oxygen atoms in total. The van der Waals surface area contributed by atoms with Gasteiger partial charge in [-0.25, -0.2) is 0 Å². The largest absolute Gasteiger partial charge is 0.508 e. The molecule has 1 aromatic rings. The third kappa shape index (κ3) is 2.37. The molecule has 0 fully saturated rings. The normalized spacial score (nSPS) is 9.62. The average molecular weight is 180 g/mol. The van der Waals surface area contributed by atoms with Crippen molar-refractivity contribution in [2.24, 2.45) is 0 Å². The highest BCUT2D eigenvalue weighted by atomic mass is 16.3. The van der Waals surface area contributed by atoms with Gasteiger partial charge >= 0.3 is 0 Å². The van der Waals surface area contributed by atoms with E-state index in [-0.39, 0.29) is 18.1 Å². The molecule has 1 amide bonds. The van der Waals surface area contributed by atoms with Crippen LogP contribution in [0.15, 0.2) is 18.2 Å². The Labute approximate surface area is 76.4 Å². The van der Waals surface area contributed by atoms with Gasteiger partial charge in [0.05, 0.1) is 6.42 Å². The number of rotatable bonds is 2. The van der Waals surface area contributed by atoms with E-state index >= 15 is 0 Å². The standard InChI is InChI=1S/C9H12N2O2/c1-11-9(13)5-6-4-7(12)2-3-8(6)10/h2-4,12H,5,10H2,1H3,(H,11,13). The molecule has 0 spiro atoms. The Balaban J connectivity index is 2.87. The molecule has 0 aliphatic heterocycles. The van der Waals surface area contributed by atoms with Crippen molar-refractivity contribution in [3.8, 4) is 5.75 Å². The van der Waals surface area contributed by atoms with Crippen molar-refractivity contribution in [2.45, 2.75) is 6.42 Å². The number of benzene rings is 1. The number of nitrogen functional groups attached to an aromatic ring is 1. The van der Waals surface area contributed by atoms with Crippen molar-refractivity contribution < 1.29 is 9.90 Å². The zero-order valence-electron chi connectivity index (χ0n) is 7.37. The second-order valence-electron chi connectivity index (χ2n) is 2.73. The Morgan fingerprint density at radius 2 is 2.31 bits per heavy atom. The predicted octanol–water partition coefficient (Wildman–Crippen LogP) is 0.263. The Morgan fingerprint density at radius 3 is 2.92 bits per heavy atom. The molecule has 4 N–H and O–H groups in total. The Morgan fingerprint density at radius 1 is 1.62 bits per heavy atom. The number of anilines is 1. The fraction of sp³-hybridized carbons (Fsp3) is 0.222. The van der Waals surface area contributed by atoms with Crippen molar-refractivity contribution in [1.82, 2.24) is 5.32 Å². The van der Waals surface area contributed by atoms with E-state index in [1.54, 1.807) is 13.1 Å². The van der Waals surface area contributed by atoms with Gasteiger partial charge in [0.2, 0.25) is 5.91 Å². The monoisotopic (exact) mass is 180 g/mol. The van der Waals surface area contributed by atoms with E-state index in [2.05, 4.69) is 5.32 Å². The van der Waals surface area contributed by atoms with Crippen molar-refractivity contribution in [2.75, 3.05) is 12.8 Å². The lowest BCUT2D eigenvalue weighted by Gasteiger charge is -2.04. The molecule has 1 rings (SSSR count). The highest BCUT2D eigenvalue weighted by Crippen LogP contribution is 2.18. The maximum Gasteiger partial charge on any atom is 0.224 e. The van der Waals surface area contributed by atoms with Gasteiger partial charge in [-0.05, 0) is 23.8 Å². The van der Waals surface area contributed by atoms with Crippen molar-refractivity contribution >= 4 is 11.6 Å². The minimum absolute atomic E-state index is 0.119. The van der Waals surface area contributed by atoms with Gasteiger partial charge in [-0.3, -0.25) is 4.79 Å². The number of nitrogens with two attached hydrogens (primary N) is 1. The minimum Gasteiger partial charge on any atom is -0.508 e. The molecule has 0 saturated carbocycles. The summed E-state index contributed by atoms with van der Waals surface area (Å²) < 4.78 is 0. The SMILES string of the molecule is CNC(=O)Cc1cc(O)ccc1N. The van der Waals surface area contributed by atoms with Crippen LogP contribution in [0.1, 0.15) is 5.56 Å². The number of amides is 1. The molecule has 0 aliphatic rings. The van der Waals surface area contributed by atoms with E-state index in [1.807, 2.05) is 0 Å². The van der Waals surface area contributed by atoms with Crippen molar-refractivity contribution in [1.29, 1.82) is 0 Å². The molecule has 0 unspecified atom stereocenters. The number of carbonyl (C=O) groups is 1. The lowest BCUT2D eigenvalue weighted by molar-refractivity contribution is -0.119. The molecular formula is C9H12N2O2. The first-order valence-corrected chi connectivity index (χ1v) is 3.91. The van der Waals surface area contributed by atoms with Crippen LogP contribution in [0.3, 0.4) is 0 Å². The molecule has 0 aliphatic carbocycles. The average Bonchev–Trinajstić information content (AvgIpc) is 2.11. The predicted molar refractivity (Wildman–Crippen MR) is 50.3 cm³/mol.